The number of carbonyl (C=O) groups excluding carboxylic acids is 1. The molecule has 1 fully saturated rings. The molecule has 2 aromatic carbocycles. The molecule has 1 aromatic heterocycles. The predicted octanol–water partition coefficient (Wildman–Crippen LogP) is 4.22. The molecule has 0 amide bonds. The van der Waals surface area contributed by atoms with Gasteiger partial charge in [-0.05, 0) is 43.2 Å². The van der Waals surface area contributed by atoms with Crippen LogP contribution in [0.2, 0.25) is 0 Å². The Kier molecular flexibility index (Phi) is 5.94. The Bertz CT molecular complexity index is 1080. The number of hydrogen-bond donors (Lipinski definition) is 0. The van der Waals surface area contributed by atoms with Gasteiger partial charge in [0.15, 0.2) is 0 Å². The third kappa shape index (κ3) is 4.49. The van der Waals surface area contributed by atoms with Crippen molar-refractivity contribution >= 4 is 37.5 Å². The van der Waals surface area contributed by atoms with Gasteiger partial charge in [-0.25, -0.2) is 18.2 Å². The van der Waals surface area contributed by atoms with Crippen molar-refractivity contribution in [3.63, 3.8) is 0 Å². The standard InChI is InChI=1S/C21H22N2O4S2/c24-21(27-15-20-22-18-10-3-4-11-19(18)28-20)16-8-7-9-17(14-16)29(25,26)23-12-5-1-2-6-13-23/h3-4,7-11,14H,1-2,5-6,12-13,15H2. The summed E-state index contributed by atoms with van der Waals surface area (Å²) in [6, 6.07) is 13.8. The molecule has 8 heteroatoms. The van der Waals surface area contributed by atoms with E-state index in [1.54, 1.807) is 12.1 Å². The van der Waals surface area contributed by atoms with Gasteiger partial charge in [0.2, 0.25) is 10.0 Å². The molecule has 29 heavy (non-hydrogen) atoms. The summed E-state index contributed by atoms with van der Waals surface area (Å²) in [6.07, 6.45) is 3.82. The number of ether oxygens (including phenoxy) is 1. The molecule has 2 heterocycles. The fourth-order valence-corrected chi connectivity index (χ4v) is 5.85. The maximum atomic E-state index is 13.0. The minimum atomic E-state index is -3.61. The number of thiazole rings is 1. The zero-order valence-electron chi connectivity index (χ0n) is 15.9. The minimum absolute atomic E-state index is 0.0568. The third-order valence-corrected chi connectivity index (χ3v) is 7.84. The first kappa shape index (κ1) is 20.0. The first-order chi connectivity index (χ1) is 14.0. The average molecular weight is 431 g/mol. The Balaban J connectivity index is 1.47. The highest BCUT2D eigenvalue weighted by Crippen LogP contribution is 2.24. The van der Waals surface area contributed by atoms with Crippen LogP contribution < -0.4 is 0 Å². The highest BCUT2D eigenvalue weighted by Gasteiger charge is 2.26. The topological polar surface area (TPSA) is 76.6 Å². The lowest BCUT2D eigenvalue weighted by Gasteiger charge is -2.20. The van der Waals surface area contributed by atoms with Crippen LogP contribution in [-0.2, 0) is 21.4 Å². The molecule has 6 nitrogen and oxygen atoms in total. The van der Waals surface area contributed by atoms with Crippen LogP contribution in [0.25, 0.3) is 10.2 Å². The van der Waals surface area contributed by atoms with E-state index in [2.05, 4.69) is 4.98 Å². The van der Waals surface area contributed by atoms with Crippen LogP contribution in [0.4, 0.5) is 0 Å². The molecule has 1 aliphatic heterocycles. The van der Waals surface area contributed by atoms with E-state index in [9.17, 15) is 13.2 Å². The van der Waals surface area contributed by atoms with Gasteiger partial charge >= 0.3 is 5.97 Å². The van der Waals surface area contributed by atoms with E-state index in [1.165, 1.54) is 27.8 Å². The fourth-order valence-electron chi connectivity index (χ4n) is 3.41. The summed E-state index contributed by atoms with van der Waals surface area (Å²) in [5.74, 6) is -0.558. The lowest BCUT2D eigenvalue weighted by atomic mass is 10.2. The Hall–Kier alpha value is -2.29. The van der Waals surface area contributed by atoms with Crippen molar-refractivity contribution < 1.29 is 17.9 Å². The Labute approximate surface area is 174 Å². The fraction of sp³-hybridized carbons (Fsp3) is 0.333. The molecule has 0 saturated carbocycles. The molecule has 4 rings (SSSR count). The second-order valence-corrected chi connectivity index (χ2v) is 10.1. The van der Waals surface area contributed by atoms with Crippen LogP contribution in [-0.4, -0.2) is 36.8 Å². The van der Waals surface area contributed by atoms with Gasteiger partial charge in [-0.15, -0.1) is 11.3 Å². The number of benzene rings is 2. The van der Waals surface area contributed by atoms with Gasteiger partial charge in [-0.2, -0.15) is 4.31 Å². The van der Waals surface area contributed by atoms with Gasteiger partial charge in [0.25, 0.3) is 0 Å². The summed E-state index contributed by atoms with van der Waals surface area (Å²) in [7, 11) is -3.61. The van der Waals surface area contributed by atoms with Gasteiger partial charge in [0, 0.05) is 13.1 Å². The van der Waals surface area contributed by atoms with Gasteiger partial charge in [0.1, 0.15) is 11.6 Å². The summed E-state index contributed by atoms with van der Waals surface area (Å²) in [5.41, 5.74) is 1.09. The van der Waals surface area contributed by atoms with E-state index in [-0.39, 0.29) is 17.1 Å². The van der Waals surface area contributed by atoms with E-state index in [4.69, 9.17) is 4.74 Å². The highest BCUT2D eigenvalue weighted by atomic mass is 32.2. The van der Waals surface area contributed by atoms with Crippen molar-refractivity contribution in [2.45, 2.75) is 37.2 Å². The maximum Gasteiger partial charge on any atom is 0.338 e. The zero-order chi connectivity index (χ0) is 20.3. The second-order valence-electron chi connectivity index (χ2n) is 7.00. The average Bonchev–Trinajstić information content (AvgIpc) is 2.94. The highest BCUT2D eigenvalue weighted by molar-refractivity contribution is 7.89. The lowest BCUT2D eigenvalue weighted by molar-refractivity contribution is 0.0472. The number of rotatable bonds is 5. The van der Waals surface area contributed by atoms with E-state index in [0.717, 1.165) is 35.9 Å². The van der Waals surface area contributed by atoms with Crippen molar-refractivity contribution in [3.05, 3.63) is 59.1 Å². The molecule has 3 aromatic rings. The first-order valence-corrected chi connectivity index (χ1v) is 11.9. The van der Waals surface area contributed by atoms with Crippen molar-refractivity contribution in [1.82, 2.24) is 9.29 Å². The number of sulfonamides is 1. The summed E-state index contributed by atoms with van der Waals surface area (Å²) >= 11 is 1.47. The van der Waals surface area contributed by atoms with Crippen molar-refractivity contribution in [3.8, 4) is 0 Å². The lowest BCUT2D eigenvalue weighted by Crippen LogP contribution is -2.32. The molecule has 0 unspecified atom stereocenters. The smallest absolute Gasteiger partial charge is 0.338 e. The summed E-state index contributed by atoms with van der Waals surface area (Å²) in [6.45, 7) is 1.10. The van der Waals surface area contributed by atoms with Crippen molar-refractivity contribution in [2.24, 2.45) is 0 Å². The van der Waals surface area contributed by atoms with Gasteiger partial charge in [-0.1, -0.05) is 31.0 Å². The van der Waals surface area contributed by atoms with Crippen LogP contribution in [0.1, 0.15) is 41.0 Å². The second kappa shape index (κ2) is 8.61. The molecule has 0 aliphatic carbocycles. The molecule has 0 spiro atoms. The molecule has 0 N–H and O–H groups in total. The van der Waals surface area contributed by atoms with Crippen LogP contribution >= 0.6 is 11.3 Å². The molecule has 0 atom stereocenters. The number of aromatic nitrogens is 1. The number of carbonyl (C=O) groups is 1. The molecular formula is C21H22N2O4S2. The van der Waals surface area contributed by atoms with Gasteiger partial charge < -0.3 is 4.74 Å². The third-order valence-electron chi connectivity index (χ3n) is 4.94. The molecule has 1 aliphatic rings. The normalized spacial score (nSPS) is 15.9. The summed E-state index contributed by atoms with van der Waals surface area (Å²) < 4.78 is 33.8. The molecule has 0 radical (unpaired) electrons. The predicted molar refractivity (Wildman–Crippen MR) is 112 cm³/mol. The molecule has 152 valence electrons. The van der Waals surface area contributed by atoms with Crippen LogP contribution in [0.3, 0.4) is 0 Å². The maximum absolute atomic E-state index is 13.0. The molecule has 0 bridgehead atoms. The zero-order valence-corrected chi connectivity index (χ0v) is 17.5. The monoisotopic (exact) mass is 430 g/mol. The molecule has 1 saturated heterocycles. The Morgan fingerprint density at radius 1 is 1.03 bits per heavy atom. The largest absolute Gasteiger partial charge is 0.455 e. The van der Waals surface area contributed by atoms with Crippen LogP contribution in [0.15, 0.2) is 53.4 Å². The van der Waals surface area contributed by atoms with Crippen LogP contribution in [0, 0.1) is 0 Å². The van der Waals surface area contributed by atoms with E-state index >= 15 is 0 Å². The number of hydrogen-bond acceptors (Lipinski definition) is 6. The van der Waals surface area contributed by atoms with Crippen molar-refractivity contribution in [1.29, 1.82) is 0 Å². The Morgan fingerprint density at radius 3 is 2.55 bits per heavy atom. The number of nitrogens with zero attached hydrogens (tertiary/aromatic N) is 2. The van der Waals surface area contributed by atoms with Crippen LogP contribution in [0.5, 0.6) is 0 Å². The summed E-state index contributed by atoms with van der Waals surface area (Å²) in [4.78, 5) is 17.1. The van der Waals surface area contributed by atoms with E-state index < -0.39 is 16.0 Å². The van der Waals surface area contributed by atoms with E-state index in [1.807, 2.05) is 24.3 Å². The van der Waals surface area contributed by atoms with E-state index in [0.29, 0.717) is 18.1 Å². The first-order valence-electron chi connectivity index (χ1n) is 9.66. The molecular weight excluding hydrogens is 408 g/mol. The number of fused-ring (bicyclic) bond motifs is 1. The summed E-state index contributed by atoms with van der Waals surface area (Å²) in [5, 5.41) is 0.702. The minimum Gasteiger partial charge on any atom is -0.455 e. The van der Waals surface area contributed by atoms with Gasteiger partial charge in [-0.3, -0.25) is 0 Å². The number of para-hydroxylation sites is 1. The van der Waals surface area contributed by atoms with Gasteiger partial charge in [0.05, 0.1) is 20.7 Å². The quantitative estimate of drug-likeness (QED) is 0.567. The number of esters is 1. The van der Waals surface area contributed by atoms with Crippen molar-refractivity contribution in [2.75, 3.05) is 13.1 Å². The SMILES string of the molecule is O=C(OCc1nc2ccccc2s1)c1cccc(S(=O)(=O)N2CCCCCC2)c1. The Morgan fingerprint density at radius 2 is 1.79 bits per heavy atom.